The Balaban J connectivity index is 0.00000484. The second kappa shape index (κ2) is 11.0. The van der Waals surface area contributed by atoms with Crippen molar-refractivity contribution in [2.75, 3.05) is 6.61 Å². The zero-order valence-corrected chi connectivity index (χ0v) is 14.8. The second-order valence-electron chi connectivity index (χ2n) is 5.74. The first-order chi connectivity index (χ1) is 10.4. The Morgan fingerprint density at radius 2 is 1.83 bits per heavy atom. The fourth-order valence-corrected chi connectivity index (χ4v) is 2.17. The number of benzene rings is 1. The van der Waals surface area contributed by atoms with Crippen molar-refractivity contribution in [2.24, 2.45) is 11.7 Å². The third-order valence-corrected chi connectivity index (χ3v) is 3.23. The fraction of sp³-hybridized carbons (Fsp3) is 0.529. The van der Waals surface area contributed by atoms with E-state index >= 15 is 0 Å². The number of nitrogens with two attached hydrogens (primary N) is 1. The van der Waals surface area contributed by atoms with Crippen LogP contribution in [0.15, 0.2) is 30.3 Å². The van der Waals surface area contributed by atoms with Crippen LogP contribution in [-0.2, 0) is 20.7 Å². The molecule has 5 nitrogen and oxygen atoms in total. The highest BCUT2D eigenvalue weighted by Gasteiger charge is 2.25. The lowest BCUT2D eigenvalue weighted by Crippen LogP contribution is -2.50. The minimum Gasteiger partial charge on any atom is -0.464 e. The first-order valence-electron chi connectivity index (χ1n) is 7.70. The third kappa shape index (κ3) is 8.00. The maximum Gasteiger partial charge on any atom is 0.328 e. The maximum atomic E-state index is 12.2. The van der Waals surface area contributed by atoms with Gasteiger partial charge in [-0.2, -0.15) is 0 Å². The summed E-state index contributed by atoms with van der Waals surface area (Å²) >= 11 is 0. The molecule has 1 amide bonds. The predicted octanol–water partition coefficient (Wildman–Crippen LogP) is 2.07. The van der Waals surface area contributed by atoms with Crippen molar-refractivity contribution in [3.05, 3.63) is 35.9 Å². The van der Waals surface area contributed by atoms with Crippen molar-refractivity contribution in [3.63, 3.8) is 0 Å². The van der Waals surface area contributed by atoms with E-state index in [1.807, 2.05) is 44.2 Å². The van der Waals surface area contributed by atoms with Crippen molar-refractivity contribution < 1.29 is 14.3 Å². The molecule has 1 aromatic carbocycles. The lowest BCUT2D eigenvalue weighted by molar-refractivity contribution is -0.148. The van der Waals surface area contributed by atoms with Crippen LogP contribution in [0.1, 0.15) is 32.8 Å². The van der Waals surface area contributed by atoms with Gasteiger partial charge in [0.2, 0.25) is 5.91 Å². The topological polar surface area (TPSA) is 81.4 Å². The van der Waals surface area contributed by atoms with Gasteiger partial charge < -0.3 is 15.8 Å². The van der Waals surface area contributed by atoms with Crippen molar-refractivity contribution in [1.82, 2.24) is 5.32 Å². The van der Waals surface area contributed by atoms with Crippen LogP contribution in [0.25, 0.3) is 0 Å². The largest absolute Gasteiger partial charge is 0.464 e. The Kier molecular flexibility index (Phi) is 10.3. The third-order valence-electron chi connectivity index (χ3n) is 3.23. The quantitative estimate of drug-likeness (QED) is 0.709. The van der Waals surface area contributed by atoms with Crippen molar-refractivity contribution in [1.29, 1.82) is 0 Å². The van der Waals surface area contributed by atoms with Crippen LogP contribution < -0.4 is 11.1 Å². The number of carbonyl (C=O) groups is 2. The Morgan fingerprint density at radius 3 is 2.35 bits per heavy atom. The Hall–Kier alpha value is -1.59. The smallest absolute Gasteiger partial charge is 0.328 e. The van der Waals surface area contributed by atoms with Gasteiger partial charge in [-0.05, 0) is 31.2 Å². The molecule has 0 spiro atoms. The molecule has 0 aliphatic rings. The minimum atomic E-state index is -0.688. The summed E-state index contributed by atoms with van der Waals surface area (Å²) in [5.41, 5.74) is 6.93. The van der Waals surface area contributed by atoms with E-state index in [2.05, 4.69) is 5.32 Å². The van der Waals surface area contributed by atoms with Gasteiger partial charge >= 0.3 is 5.97 Å². The van der Waals surface area contributed by atoms with Gasteiger partial charge in [0.25, 0.3) is 0 Å². The van der Waals surface area contributed by atoms with Crippen LogP contribution in [-0.4, -0.2) is 30.6 Å². The van der Waals surface area contributed by atoms with Gasteiger partial charge in [-0.1, -0.05) is 44.2 Å². The zero-order chi connectivity index (χ0) is 16.5. The molecule has 0 radical (unpaired) electrons. The Labute approximate surface area is 144 Å². The normalized spacial score (nSPS) is 12.9. The molecule has 0 fully saturated rings. The van der Waals surface area contributed by atoms with Gasteiger partial charge in [-0.15, -0.1) is 12.4 Å². The molecule has 0 aliphatic heterocycles. The van der Waals surface area contributed by atoms with Gasteiger partial charge in [0, 0.05) is 0 Å². The van der Waals surface area contributed by atoms with Gasteiger partial charge in [0.1, 0.15) is 6.04 Å². The van der Waals surface area contributed by atoms with E-state index in [1.165, 1.54) is 0 Å². The predicted molar refractivity (Wildman–Crippen MR) is 93.4 cm³/mol. The summed E-state index contributed by atoms with van der Waals surface area (Å²) in [6.07, 6.45) is 0.965. The van der Waals surface area contributed by atoms with E-state index in [1.54, 1.807) is 6.92 Å². The summed E-state index contributed by atoms with van der Waals surface area (Å²) in [6.45, 7) is 6.01. The van der Waals surface area contributed by atoms with Gasteiger partial charge in [0.15, 0.2) is 0 Å². The van der Waals surface area contributed by atoms with Gasteiger partial charge in [-0.25, -0.2) is 4.79 Å². The SMILES string of the molecule is CCOC(=O)[C@H](CC(C)C)NC(=O)[C@@H](N)Cc1ccccc1.Cl. The minimum absolute atomic E-state index is 0. The molecule has 0 aliphatic carbocycles. The standard InChI is InChI=1S/C17H26N2O3.ClH/c1-4-22-17(21)15(10-12(2)3)19-16(20)14(18)11-13-8-6-5-7-9-13;/h5-9,12,14-15H,4,10-11,18H2,1-3H3,(H,19,20);1H/t14-,15-;/m0./s1. The number of esters is 1. The van der Waals surface area contributed by atoms with E-state index in [9.17, 15) is 9.59 Å². The first kappa shape index (κ1) is 21.4. The molecule has 1 aromatic rings. The first-order valence-corrected chi connectivity index (χ1v) is 7.70. The van der Waals surface area contributed by atoms with Crippen molar-refractivity contribution >= 4 is 24.3 Å². The molecule has 3 N–H and O–H groups in total. The van der Waals surface area contributed by atoms with Crippen LogP contribution in [0.5, 0.6) is 0 Å². The van der Waals surface area contributed by atoms with Gasteiger partial charge in [0.05, 0.1) is 12.6 Å². The average molecular weight is 343 g/mol. The van der Waals surface area contributed by atoms with E-state index in [0.717, 1.165) is 5.56 Å². The fourth-order valence-electron chi connectivity index (χ4n) is 2.17. The van der Waals surface area contributed by atoms with Crippen LogP contribution in [0.3, 0.4) is 0 Å². The lowest BCUT2D eigenvalue weighted by Gasteiger charge is -2.21. The van der Waals surface area contributed by atoms with E-state index in [4.69, 9.17) is 10.5 Å². The molecular weight excluding hydrogens is 316 g/mol. The maximum absolute atomic E-state index is 12.2. The molecule has 0 aromatic heterocycles. The van der Waals surface area contributed by atoms with Crippen LogP contribution in [0.4, 0.5) is 0 Å². The Morgan fingerprint density at radius 1 is 1.22 bits per heavy atom. The number of rotatable bonds is 8. The summed E-state index contributed by atoms with van der Waals surface area (Å²) in [7, 11) is 0. The molecule has 0 saturated heterocycles. The number of nitrogens with one attached hydrogen (secondary N) is 1. The molecule has 130 valence electrons. The summed E-state index contributed by atoms with van der Waals surface area (Å²) < 4.78 is 5.01. The lowest BCUT2D eigenvalue weighted by atomic mass is 10.0. The van der Waals surface area contributed by atoms with Crippen LogP contribution in [0, 0.1) is 5.92 Å². The number of carbonyl (C=O) groups excluding carboxylic acids is 2. The molecule has 0 saturated carbocycles. The van der Waals surface area contributed by atoms with Crippen molar-refractivity contribution in [3.8, 4) is 0 Å². The molecule has 6 heteroatoms. The molecule has 23 heavy (non-hydrogen) atoms. The monoisotopic (exact) mass is 342 g/mol. The average Bonchev–Trinajstić information content (AvgIpc) is 2.47. The number of hydrogen-bond acceptors (Lipinski definition) is 4. The number of hydrogen-bond donors (Lipinski definition) is 2. The second-order valence-corrected chi connectivity index (χ2v) is 5.74. The zero-order valence-electron chi connectivity index (χ0n) is 14.0. The van der Waals surface area contributed by atoms with Crippen molar-refractivity contribution in [2.45, 2.75) is 45.7 Å². The molecule has 0 unspecified atom stereocenters. The molecule has 1 rings (SSSR count). The van der Waals surface area contributed by atoms with E-state index in [0.29, 0.717) is 19.4 Å². The van der Waals surface area contributed by atoms with Crippen LogP contribution >= 0.6 is 12.4 Å². The highest BCUT2D eigenvalue weighted by atomic mass is 35.5. The summed E-state index contributed by atoms with van der Waals surface area (Å²) in [5.74, 6) is -0.473. The van der Waals surface area contributed by atoms with E-state index in [-0.39, 0.29) is 24.2 Å². The molecule has 0 heterocycles. The molecule has 0 bridgehead atoms. The number of halogens is 1. The summed E-state index contributed by atoms with van der Waals surface area (Å²) in [6, 6.07) is 8.23. The molecule has 2 atom stereocenters. The summed E-state index contributed by atoms with van der Waals surface area (Å²) in [4.78, 5) is 24.1. The number of amides is 1. The highest BCUT2D eigenvalue weighted by molar-refractivity contribution is 5.87. The number of ether oxygens (including phenoxy) is 1. The van der Waals surface area contributed by atoms with E-state index < -0.39 is 18.1 Å². The highest BCUT2D eigenvalue weighted by Crippen LogP contribution is 2.08. The molecular formula is C17H27ClN2O3. The van der Waals surface area contributed by atoms with Crippen LogP contribution in [0.2, 0.25) is 0 Å². The Bertz CT molecular complexity index is 480. The summed E-state index contributed by atoms with van der Waals surface area (Å²) in [5, 5.41) is 2.71. The van der Waals surface area contributed by atoms with Gasteiger partial charge in [-0.3, -0.25) is 4.79 Å².